The molecule has 0 amide bonds. The molecule has 7 aromatic carbocycles. The van der Waals surface area contributed by atoms with E-state index in [2.05, 4.69) is 171 Å². The summed E-state index contributed by atoms with van der Waals surface area (Å²) in [7, 11) is 0. The van der Waals surface area contributed by atoms with Crippen molar-refractivity contribution in [1.29, 1.82) is 0 Å². The smallest absolute Gasteiger partial charge is 0.252 e. The Kier molecular flexibility index (Phi) is 9.48. The van der Waals surface area contributed by atoms with Crippen LogP contribution in [0.4, 0.5) is 51.2 Å². The Morgan fingerprint density at radius 1 is 0.391 bits per heavy atom. The third-order valence-corrected chi connectivity index (χ3v) is 14.0. The van der Waals surface area contributed by atoms with E-state index < -0.39 is 10.8 Å². The van der Waals surface area contributed by atoms with Crippen LogP contribution in [0.1, 0.15) is 168 Å². The highest BCUT2D eigenvalue weighted by atomic mass is 15.2. The third kappa shape index (κ3) is 8.94. The van der Waals surface area contributed by atoms with E-state index in [1.807, 2.05) is 53.7 Å². The molecule has 0 aromatic heterocycles. The van der Waals surface area contributed by atoms with E-state index in [4.69, 9.17) is 0 Å². The van der Waals surface area contributed by atoms with E-state index in [0.717, 1.165) is 50.5 Å². The van der Waals surface area contributed by atoms with Crippen LogP contribution in [0.5, 0.6) is 0 Å². The van der Waals surface area contributed by atoms with Gasteiger partial charge in [0.15, 0.2) is 0 Å². The van der Waals surface area contributed by atoms with E-state index in [9.17, 15) is 11.0 Å². The molecule has 0 N–H and O–H groups in total. The molecule has 69 heavy (non-hydrogen) atoms. The number of hydrogen-bond donors (Lipinski definition) is 0. The van der Waals surface area contributed by atoms with E-state index in [0.29, 0.717) is 5.69 Å². The normalized spacial score (nSPS) is 15.5. The van der Waals surface area contributed by atoms with Gasteiger partial charge in [0, 0.05) is 45.5 Å². The van der Waals surface area contributed by atoms with Crippen LogP contribution in [0.25, 0.3) is 0 Å². The predicted octanol–water partition coefficient (Wildman–Crippen LogP) is 16.8. The van der Waals surface area contributed by atoms with Crippen LogP contribution in [0, 0.1) is 0 Å². The molecule has 354 valence electrons. The molecule has 2 aliphatic rings. The maximum absolute atomic E-state index is 9.94. The molecule has 2 aliphatic heterocycles. The quantitative estimate of drug-likeness (QED) is 0.154. The van der Waals surface area contributed by atoms with Gasteiger partial charge in [0.25, 0.3) is 6.71 Å². The van der Waals surface area contributed by atoms with Gasteiger partial charge in [-0.05, 0) is 155 Å². The topological polar surface area (TPSA) is 9.72 Å². The zero-order valence-electron chi connectivity index (χ0n) is 52.2. The van der Waals surface area contributed by atoms with Crippen molar-refractivity contribution >= 4 is 74.3 Å². The van der Waals surface area contributed by atoms with Crippen molar-refractivity contribution in [2.24, 2.45) is 0 Å². The van der Waals surface area contributed by atoms with Crippen LogP contribution >= 0.6 is 0 Å². The van der Waals surface area contributed by atoms with Crippen molar-refractivity contribution in [1.82, 2.24) is 0 Å². The Balaban J connectivity index is 1.52. The first-order chi connectivity index (χ1) is 35.5. The fourth-order valence-corrected chi connectivity index (χ4v) is 9.68. The van der Waals surface area contributed by atoms with Gasteiger partial charge in [0.05, 0.1) is 16.7 Å². The zero-order chi connectivity index (χ0) is 56.7. The van der Waals surface area contributed by atoms with Crippen molar-refractivity contribution in [2.75, 3.05) is 14.7 Å². The molecule has 3 nitrogen and oxygen atoms in total. The molecule has 0 bridgehead atoms. The largest absolute Gasteiger partial charge is 0.311 e. The first kappa shape index (κ1) is 38.8. The first-order valence-electron chi connectivity index (χ1n) is 28.8. The lowest BCUT2D eigenvalue weighted by Crippen LogP contribution is -2.61. The molecule has 0 spiro atoms. The van der Waals surface area contributed by atoms with Gasteiger partial charge in [-0.3, -0.25) is 0 Å². The zero-order valence-corrected chi connectivity index (χ0v) is 44.2. The third-order valence-electron chi connectivity index (χ3n) is 14.0. The van der Waals surface area contributed by atoms with Crippen LogP contribution in [-0.2, 0) is 27.1 Å². The van der Waals surface area contributed by atoms with Gasteiger partial charge >= 0.3 is 0 Å². The molecule has 0 saturated heterocycles. The van der Waals surface area contributed by atoms with Gasteiger partial charge in [0.1, 0.15) is 0 Å². The summed E-state index contributed by atoms with van der Waals surface area (Å²) in [5, 5.41) is 0. The molecule has 0 unspecified atom stereocenters. The van der Waals surface area contributed by atoms with E-state index in [1.54, 1.807) is 0 Å². The fraction of sp³-hybridized carbons (Fsp3) is 0.354. The van der Waals surface area contributed by atoms with Gasteiger partial charge < -0.3 is 14.7 Å². The predicted molar refractivity (Wildman–Crippen MR) is 303 cm³/mol. The number of anilines is 9. The van der Waals surface area contributed by atoms with Crippen molar-refractivity contribution < 1.29 is 11.0 Å². The minimum absolute atomic E-state index is 0.125. The molecule has 0 aliphatic carbocycles. The number of hydrogen-bond acceptors (Lipinski definition) is 3. The average Bonchev–Trinajstić information content (AvgIpc) is 3.46. The molecule has 0 fully saturated rings. The Morgan fingerprint density at radius 3 is 1.09 bits per heavy atom. The summed E-state index contributed by atoms with van der Waals surface area (Å²) >= 11 is 0. The molecule has 9 rings (SSSR count). The molecular weight excluding hydrogens is 834 g/mol. The number of fused-ring (bicyclic) bond motifs is 4. The van der Waals surface area contributed by atoms with Gasteiger partial charge in [-0.2, -0.15) is 0 Å². The van der Waals surface area contributed by atoms with E-state index in [1.165, 1.54) is 27.2 Å². The number of nitrogens with zero attached hydrogens (tertiary/aromatic N) is 3. The molecule has 2 heterocycles. The Labute approximate surface area is 427 Å². The number of rotatable bonds is 6. The fourth-order valence-electron chi connectivity index (χ4n) is 9.68. The summed E-state index contributed by atoms with van der Waals surface area (Å²) in [5.74, 6) is 0.283. The van der Waals surface area contributed by atoms with Crippen LogP contribution < -0.4 is 31.1 Å². The second-order valence-corrected chi connectivity index (χ2v) is 24.9. The van der Waals surface area contributed by atoms with E-state index in [-0.39, 0.29) is 99.7 Å². The summed E-state index contributed by atoms with van der Waals surface area (Å²) < 4.78 is 78.2. The Hall–Kier alpha value is -6.00. The molecule has 0 saturated carbocycles. The van der Waals surface area contributed by atoms with Gasteiger partial charge in [-0.1, -0.05) is 190 Å². The van der Waals surface area contributed by atoms with Crippen LogP contribution in [0.15, 0.2) is 145 Å². The highest BCUT2D eigenvalue weighted by Gasteiger charge is 2.45. The van der Waals surface area contributed by atoms with Crippen molar-refractivity contribution in [3.63, 3.8) is 0 Å². The monoisotopic (exact) mass is 918 g/mol. The molecule has 4 heteroatoms. The minimum atomic E-state index is -0.776. The summed E-state index contributed by atoms with van der Waals surface area (Å²) in [6.07, 6.45) is 0. The minimum Gasteiger partial charge on any atom is -0.311 e. The molecule has 7 aromatic rings. The maximum atomic E-state index is 9.94. The van der Waals surface area contributed by atoms with Gasteiger partial charge in [-0.25, -0.2) is 0 Å². The van der Waals surface area contributed by atoms with Crippen molar-refractivity contribution in [2.45, 2.75) is 151 Å². The van der Waals surface area contributed by atoms with Crippen LogP contribution in [0.3, 0.4) is 0 Å². The van der Waals surface area contributed by atoms with Crippen LogP contribution in [0.2, 0.25) is 0 Å². The molecule has 0 atom stereocenters. The standard InChI is InChI=1S/C65H76BN3/c1-42(2)43-18-28-51(29-19-43)68-56-36-26-47(64(12,13)14)38-54(56)66-55-39-48(65(15,16)17)27-37-57(55)69(52-34-24-46(25-35-52)63(9,10)11)59-41-53(40-58(68)60(59)66)67(49-30-20-44(21-31-49)61(3,4)5)50-32-22-45(23-33-50)62(6,7)8/h18-42H,1-17H3/i20D,21D,22D,23D,30D,31D,32D,33D. The van der Waals surface area contributed by atoms with E-state index >= 15 is 0 Å². The average molecular weight is 918 g/mol. The summed E-state index contributed by atoms with van der Waals surface area (Å²) in [5.41, 5.74) is 11.7. The lowest BCUT2D eigenvalue weighted by atomic mass is 9.33. The van der Waals surface area contributed by atoms with Crippen molar-refractivity contribution in [3.05, 3.63) is 179 Å². The van der Waals surface area contributed by atoms with Gasteiger partial charge in [-0.15, -0.1) is 0 Å². The SMILES string of the molecule is [2H]c1c([2H])c(C(C)(C)C)c([2H])c([2H])c1N(c1cc2c3c(c1)N(c1ccc(C(C)(C)C)cc1)c1ccc(C(C)(C)C)cc1B3c1cc(C(C)(C)C)ccc1N2c1ccc(C(C)C)cc1)c1c([2H])c([2H])c(C(C)(C)C)c([2H])c1[2H]. The van der Waals surface area contributed by atoms with Gasteiger partial charge in [0.2, 0.25) is 0 Å². The lowest BCUT2D eigenvalue weighted by molar-refractivity contribution is 0.590. The summed E-state index contributed by atoms with van der Waals surface area (Å²) in [6.45, 7) is 35.3. The molecular formula is C65H76BN3. The molecule has 0 radical (unpaired) electrons. The lowest BCUT2D eigenvalue weighted by Gasteiger charge is -2.45. The Morgan fingerprint density at radius 2 is 0.739 bits per heavy atom. The number of benzene rings is 7. The first-order valence-corrected chi connectivity index (χ1v) is 24.8. The second-order valence-electron chi connectivity index (χ2n) is 24.9. The van der Waals surface area contributed by atoms with Crippen molar-refractivity contribution in [3.8, 4) is 0 Å². The summed E-state index contributed by atoms with van der Waals surface area (Å²) in [6, 6.07) is 32.7. The highest BCUT2D eigenvalue weighted by Crippen LogP contribution is 2.49. The highest BCUT2D eigenvalue weighted by molar-refractivity contribution is 7.00. The maximum Gasteiger partial charge on any atom is 0.252 e. The van der Waals surface area contributed by atoms with Crippen LogP contribution in [-0.4, -0.2) is 6.71 Å². The second kappa shape index (κ2) is 16.9. The Bertz CT molecular complexity index is 3370. The summed E-state index contributed by atoms with van der Waals surface area (Å²) in [4.78, 5) is 6.07.